The van der Waals surface area contributed by atoms with Crippen LogP contribution in [0.2, 0.25) is 0 Å². The largest absolute Gasteiger partial charge is 0.481 e. The van der Waals surface area contributed by atoms with E-state index in [-0.39, 0.29) is 0 Å². The van der Waals surface area contributed by atoms with Crippen LogP contribution < -0.4 is 0 Å². The van der Waals surface area contributed by atoms with Crippen LogP contribution in [-0.2, 0) is 4.79 Å². The average Bonchev–Trinajstić information content (AvgIpc) is 2.39. The molecule has 0 aromatic rings. The van der Waals surface area contributed by atoms with Gasteiger partial charge in [-0.2, -0.15) is 0 Å². The molecule has 0 amide bonds. The Labute approximate surface area is 120 Å². The molecular weight excluding hydrogens is 236 g/mol. The number of aliphatic carboxylic acids is 1. The fourth-order valence-corrected chi connectivity index (χ4v) is 2.55. The molecule has 0 radical (unpaired) electrons. The number of rotatable bonds is 13. The molecule has 0 aromatic carbocycles. The summed E-state index contributed by atoms with van der Waals surface area (Å²) in [7, 11) is 0. The smallest absolute Gasteiger partial charge is 0.309 e. The summed E-state index contributed by atoms with van der Waals surface area (Å²) in [5.74, 6) is -0.608. The predicted molar refractivity (Wildman–Crippen MR) is 82.5 cm³/mol. The third-order valence-corrected chi connectivity index (χ3v) is 4.18. The van der Waals surface area contributed by atoms with Crippen molar-refractivity contribution in [2.75, 3.05) is 0 Å². The lowest BCUT2D eigenvalue weighted by Crippen LogP contribution is -2.27. The normalized spacial score (nSPS) is 14.3. The van der Waals surface area contributed by atoms with Gasteiger partial charge in [0.25, 0.3) is 0 Å². The minimum atomic E-state index is -0.608. The predicted octanol–water partition coefficient (Wildman–Crippen LogP) is 5.80. The van der Waals surface area contributed by atoms with Crippen LogP contribution in [0.25, 0.3) is 0 Å². The second-order valence-electron chi connectivity index (χ2n) is 6.19. The highest BCUT2D eigenvalue weighted by Gasteiger charge is 2.31. The Morgan fingerprint density at radius 3 is 1.68 bits per heavy atom. The van der Waals surface area contributed by atoms with E-state index in [9.17, 15) is 9.90 Å². The van der Waals surface area contributed by atoms with Gasteiger partial charge in [0.15, 0.2) is 0 Å². The minimum Gasteiger partial charge on any atom is -0.481 e. The molecule has 0 heterocycles. The number of unbranched alkanes of at least 4 members (excludes halogenated alkanes) is 8. The molecule has 1 N–H and O–H groups in total. The van der Waals surface area contributed by atoms with Crippen LogP contribution in [0.4, 0.5) is 0 Å². The van der Waals surface area contributed by atoms with Gasteiger partial charge in [0.1, 0.15) is 0 Å². The Hall–Kier alpha value is -0.530. The molecule has 114 valence electrons. The molecule has 19 heavy (non-hydrogen) atoms. The van der Waals surface area contributed by atoms with E-state index in [1.54, 1.807) is 0 Å². The molecule has 0 bridgehead atoms. The Morgan fingerprint density at radius 2 is 1.21 bits per heavy atom. The van der Waals surface area contributed by atoms with Gasteiger partial charge >= 0.3 is 5.97 Å². The highest BCUT2D eigenvalue weighted by Crippen LogP contribution is 2.31. The maximum absolute atomic E-state index is 11.4. The zero-order valence-electron chi connectivity index (χ0n) is 13.3. The SMILES string of the molecule is CCCCCCCCCCC(C)(CCCC)C(=O)O. The Bertz CT molecular complexity index is 225. The Balaban J connectivity index is 3.67. The fraction of sp³-hybridized carbons (Fsp3) is 0.941. The van der Waals surface area contributed by atoms with E-state index in [0.717, 1.165) is 32.1 Å². The van der Waals surface area contributed by atoms with Gasteiger partial charge < -0.3 is 5.11 Å². The van der Waals surface area contributed by atoms with Gasteiger partial charge in [0.2, 0.25) is 0 Å². The van der Waals surface area contributed by atoms with Crippen LogP contribution in [0, 0.1) is 5.41 Å². The van der Waals surface area contributed by atoms with E-state index in [4.69, 9.17) is 0 Å². The molecule has 0 fully saturated rings. The first-order chi connectivity index (χ1) is 9.06. The molecule has 0 saturated heterocycles. The van der Waals surface area contributed by atoms with Gasteiger partial charge in [0.05, 0.1) is 5.41 Å². The molecular formula is C17H34O2. The molecule has 0 aliphatic carbocycles. The molecule has 0 aliphatic rings. The summed E-state index contributed by atoms with van der Waals surface area (Å²) < 4.78 is 0. The lowest BCUT2D eigenvalue weighted by Gasteiger charge is -2.24. The standard InChI is InChI=1S/C17H34O2/c1-4-6-8-9-10-11-12-13-15-17(3,16(18)19)14-7-5-2/h4-15H2,1-3H3,(H,18,19). The van der Waals surface area contributed by atoms with Crippen LogP contribution >= 0.6 is 0 Å². The lowest BCUT2D eigenvalue weighted by molar-refractivity contribution is -0.149. The molecule has 0 aliphatic heterocycles. The van der Waals surface area contributed by atoms with Crippen molar-refractivity contribution in [3.8, 4) is 0 Å². The number of hydrogen-bond donors (Lipinski definition) is 1. The second-order valence-corrected chi connectivity index (χ2v) is 6.19. The summed E-state index contributed by atoms with van der Waals surface area (Å²) >= 11 is 0. The van der Waals surface area contributed by atoms with Crippen molar-refractivity contribution in [1.82, 2.24) is 0 Å². The number of hydrogen-bond acceptors (Lipinski definition) is 1. The highest BCUT2D eigenvalue weighted by atomic mass is 16.4. The third-order valence-electron chi connectivity index (χ3n) is 4.18. The molecule has 1 atom stereocenters. The van der Waals surface area contributed by atoms with E-state index < -0.39 is 11.4 Å². The molecule has 0 saturated carbocycles. The van der Waals surface area contributed by atoms with Crippen molar-refractivity contribution in [2.45, 2.75) is 97.8 Å². The van der Waals surface area contributed by atoms with Crippen molar-refractivity contribution in [1.29, 1.82) is 0 Å². The van der Waals surface area contributed by atoms with Crippen LogP contribution in [0.15, 0.2) is 0 Å². The van der Waals surface area contributed by atoms with Crippen molar-refractivity contribution in [3.05, 3.63) is 0 Å². The summed E-state index contributed by atoms with van der Waals surface area (Å²) in [6.07, 6.45) is 14.0. The molecule has 0 aromatic heterocycles. The first-order valence-corrected chi connectivity index (χ1v) is 8.30. The van der Waals surface area contributed by atoms with Gasteiger partial charge in [-0.1, -0.05) is 78.1 Å². The Morgan fingerprint density at radius 1 is 0.789 bits per heavy atom. The lowest BCUT2D eigenvalue weighted by atomic mass is 9.80. The van der Waals surface area contributed by atoms with Gasteiger partial charge in [-0.05, 0) is 19.8 Å². The van der Waals surface area contributed by atoms with Crippen molar-refractivity contribution < 1.29 is 9.90 Å². The molecule has 2 heteroatoms. The monoisotopic (exact) mass is 270 g/mol. The van der Waals surface area contributed by atoms with Crippen molar-refractivity contribution in [3.63, 3.8) is 0 Å². The van der Waals surface area contributed by atoms with Gasteiger partial charge in [0, 0.05) is 0 Å². The van der Waals surface area contributed by atoms with Crippen LogP contribution in [0.1, 0.15) is 97.8 Å². The van der Waals surface area contributed by atoms with Crippen LogP contribution in [-0.4, -0.2) is 11.1 Å². The second kappa shape index (κ2) is 11.3. The molecule has 0 rings (SSSR count). The summed E-state index contributed by atoms with van der Waals surface area (Å²) in [6.45, 7) is 6.29. The van der Waals surface area contributed by atoms with E-state index >= 15 is 0 Å². The first kappa shape index (κ1) is 18.5. The topological polar surface area (TPSA) is 37.3 Å². The van der Waals surface area contributed by atoms with Crippen molar-refractivity contribution in [2.24, 2.45) is 5.41 Å². The van der Waals surface area contributed by atoms with E-state index in [0.29, 0.717) is 0 Å². The van der Waals surface area contributed by atoms with Crippen molar-refractivity contribution >= 4 is 5.97 Å². The van der Waals surface area contributed by atoms with Gasteiger partial charge in [-0.15, -0.1) is 0 Å². The number of carboxylic acids is 1. The molecule has 1 unspecified atom stereocenters. The summed E-state index contributed by atoms with van der Waals surface area (Å²) in [5, 5.41) is 9.36. The molecule has 0 spiro atoms. The maximum atomic E-state index is 11.4. The van der Waals surface area contributed by atoms with E-state index in [1.165, 1.54) is 44.9 Å². The summed E-state index contributed by atoms with van der Waals surface area (Å²) in [5.41, 5.74) is -0.488. The van der Waals surface area contributed by atoms with Gasteiger partial charge in [-0.3, -0.25) is 4.79 Å². The highest BCUT2D eigenvalue weighted by molar-refractivity contribution is 5.74. The van der Waals surface area contributed by atoms with E-state index in [1.807, 2.05) is 6.92 Å². The Kier molecular flexibility index (Phi) is 11.0. The van der Waals surface area contributed by atoms with Crippen LogP contribution in [0.3, 0.4) is 0 Å². The minimum absolute atomic E-state index is 0.488. The zero-order chi connectivity index (χ0) is 14.6. The first-order valence-electron chi connectivity index (χ1n) is 8.30. The fourth-order valence-electron chi connectivity index (χ4n) is 2.55. The quantitative estimate of drug-likeness (QED) is 0.429. The summed E-state index contributed by atoms with van der Waals surface area (Å²) in [6, 6.07) is 0. The average molecular weight is 270 g/mol. The molecule has 2 nitrogen and oxygen atoms in total. The third kappa shape index (κ3) is 9.07. The van der Waals surface area contributed by atoms with Crippen LogP contribution in [0.5, 0.6) is 0 Å². The van der Waals surface area contributed by atoms with Gasteiger partial charge in [-0.25, -0.2) is 0 Å². The number of carbonyl (C=O) groups is 1. The van der Waals surface area contributed by atoms with E-state index in [2.05, 4.69) is 13.8 Å². The number of carboxylic acid groups (broad SMARTS) is 1. The maximum Gasteiger partial charge on any atom is 0.309 e. The summed E-state index contributed by atoms with van der Waals surface area (Å²) in [4.78, 5) is 11.4. The zero-order valence-corrected chi connectivity index (χ0v) is 13.3.